The second kappa shape index (κ2) is 4.34. The van der Waals surface area contributed by atoms with Crippen LogP contribution in [-0.4, -0.2) is 74.9 Å². The Morgan fingerprint density at radius 1 is 1.50 bits per heavy atom. The Hall–Kier alpha value is 1.51. The first-order valence-electron chi connectivity index (χ1n) is 1.59. The van der Waals surface area contributed by atoms with E-state index in [2.05, 4.69) is 0 Å². The molecule has 0 saturated heterocycles. The third-order valence-electron chi connectivity index (χ3n) is 0.431. The van der Waals surface area contributed by atoms with Gasteiger partial charge in [0.1, 0.15) is 0 Å². The topological polar surface area (TPSA) is 74.6 Å². The van der Waals surface area contributed by atoms with E-state index in [-0.39, 0.29) is 51.4 Å². The maximum Gasteiger partial charge on any atom is 0.291 e. The number of aliphatic hydroxyl groups is 1. The average Bonchev–Trinajstić information content (AvgIpc) is 1.31. The van der Waals surface area contributed by atoms with Gasteiger partial charge >= 0.3 is 0 Å². The Morgan fingerprint density at radius 3 is 1.62 bits per heavy atom. The van der Waals surface area contributed by atoms with Gasteiger partial charge < -0.3 is 5.11 Å². The number of hydrogen-bond donors (Lipinski definition) is 2. The van der Waals surface area contributed by atoms with Gasteiger partial charge in [-0.15, -0.1) is 0 Å². The standard InChI is InChI=1S/C2H6O4S.K/c1-2(3)7(4,5)6;/h2-3H,1H3,(H,4,5,6);. The largest absolute Gasteiger partial charge is 0.375 e. The molecule has 0 aromatic rings. The molecule has 0 aromatic heterocycles. The van der Waals surface area contributed by atoms with E-state index < -0.39 is 15.6 Å². The minimum absolute atomic E-state index is 0. The zero-order chi connectivity index (χ0) is 6.08. The first-order valence-corrected chi connectivity index (χ1v) is 3.09. The van der Waals surface area contributed by atoms with Crippen molar-refractivity contribution in [2.75, 3.05) is 0 Å². The Kier molecular flexibility index (Phi) is 6.63. The third kappa shape index (κ3) is 5.64. The molecule has 1 radical (unpaired) electrons. The van der Waals surface area contributed by atoms with Crippen molar-refractivity contribution in [2.24, 2.45) is 0 Å². The minimum Gasteiger partial charge on any atom is -0.375 e. The average molecular weight is 165 g/mol. The van der Waals surface area contributed by atoms with Gasteiger partial charge in [-0.25, -0.2) is 0 Å². The maximum absolute atomic E-state index is 9.64. The molecular formula is C2H6KO4S. The van der Waals surface area contributed by atoms with Crippen molar-refractivity contribution in [3.63, 3.8) is 0 Å². The summed E-state index contributed by atoms with van der Waals surface area (Å²) in [6.07, 6.45) is 0. The van der Waals surface area contributed by atoms with Crippen molar-refractivity contribution in [1.82, 2.24) is 0 Å². The van der Waals surface area contributed by atoms with Crippen LogP contribution in [0.3, 0.4) is 0 Å². The molecule has 0 amide bonds. The van der Waals surface area contributed by atoms with E-state index in [1.54, 1.807) is 0 Å². The normalized spacial score (nSPS) is 14.4. The number of hydrogen-bond acceptors (Lipinski definition) is 3. The van der Waals surface area contributed by atoms with Crippen LogP contribution in [0, 0.1) is 0 Å². The summed E-state index contributed by atoms with van der Waals surface area (Å²) in [5.41, 5.74) is -1.67. The summed E-state index contributed by atoms with van der Waals surface area (Å²) >= 11 is 0. The van der Waals surface area contributed by atoms with Gasteiger partial charge in [-0.05, 0) is 6.92 Å². The fourth-order valence-electron chi connectivity index (χ4n) is 0. The number of rotatable bonds is 1. The maximum atomic E-state index is 9.64. The van der Waals surface area contributed by atoms with Crippen LogP contribution in [0.4, 0.5) is 0 Å². The molecule has 45 valence electrons. The van der Waals surface area contributed by atoms with Gasteiger partial charge in [0.15, 0.2) is 5.44 Å². The summed E-state index contributed by atoms with van der Waals surface area (Å²) in [5.74, 6) is 0. The molecule has 8 heavy (non-hydrogen) atoms. The molecular weight excluding hydrogens is 159 g/mol. The third-order valence-corrected chi connectivity index (χ3v) is 1.29. The van der Waals surface area contributed by atoms with Crippen molar-refractivity contribution < 1.29 is 18.1 Å². The second-order valence-corrected chi connectivity index (χ2v) is 2.83. The molecule has 0 fully saturated rings. The number of aliphatic hydroxyl groups excluding tert-OH is 1. The first kappa shape index (κ1) is 12.2. The van der Waals surface area contributed by atoms with Crippen molar-refractivity contribution in [2.45, 2.75) is 12.4 Å². The summed E-state index contributed by atoms with van der Waals surface area (Å²) < 4.78 is 27.1. The zero-order valence-corrected chi connectivity index (χ0v) is 8.64. The van der Waals surface area contributed by atoms with Crippen LogP contribution in [-0.2, 0) is 10.1 Å². The van der Waals surface area contributed by atoms with E-state index in [1.807, 2.05) is 0 Å². The summed E-state index contributed by atoms with van der Waals surface area (Å²) in [6.45, 7) is 0.968. The van der Waals surface area contributed by atoms with Crippen molar-refractivity contribution in [3.8, 4) is 0 Å². The van der Waals surface area contributed by atoms with Crippen LogP contribution < -0.4 is 0 Å². The van der Waals surface area contributed by atoms with E-state index in [4.69, 9.17) is 9.66 Å². The van der Waals surface area contributed by atoms with Gasteiger partial charge in [-0.1, -0.05) is 0 Å². The van der Waals surface area contributed by atoms with E-state index in [9.17, 15) is 8.42 Å². The summed E-state index contributed by atoms with van der Waals surface area (Å²) in [7, 11) is -4.19. The Morgan fingerprint density at radius 2 is 1.62 bits per heavy atom. The molecule has 0 spiro atoms. The molecule has 1 atom stereocenters. The molecule has 0 aliphatic heterocycles. The van der Waals surface area contributed by atoms with Gasteiger partial charge in [0.05, 0.1) is 0 Å². The molecule has 4 nitrogen and oxygen atoms in total. The van der Waals surface area contributed by atoms with Gasteiger partial charge in [0.2, 0.25) is 0 Å². The van der Waals surface area contributed by atoms with Crippen LogP contribution in [0.2, 0.25) is 0 Å². The predicted octanol–water partition coefficient (Wildman–Crippen LogP) is -1.17. The molecule has 0 saturated carbocycles. The van der Waals surface area contributed by atoms with Crippen LogP contribution in [0.25, 0.3) is 0 Å². The molecule has 0 heterocycles. The second-order valence-electron chi connectivity index (χ2n) is 1.11. The molecule has 1 unspecified atom stereocenters. The molecule has 0 aliphatic rings. The van der Waals surface area contributed by atoms with Gasteiger partial charge in [-0.3, -0.25) is 4.55 Å². The molecule has 0 rings (SSSR count). The molecule has 2 N–H and O–H groups in total. The molecule has 0 aromatic carbocycles. The van der Waals surface area contributed by atoms with Crippen LogP contribution in [0.5, 0.6) is 0 Å². The zero-order valence-electron chi connectivity index (χ0n) is 4.70. The van der Waals surface area contributed by atoms with Gasteiger partial charge in [0, 0.05) is 51.4 Å². The van der Waals surface area contributed by atoms with Crippen molar-refractivity contribution in [1.29, 1.82) is 0 Å². The van der Waals surface area contributed by atoms with Gasteiger partial charge in [-0.2, -0.15) is 8.42 Å². The Bertz CT molecular complexity index is 136. The Labute approximate surface area is 90.4 Å². The molecule has 6 heteroatoms. The first-order chi connectivity index (χ1) is 2.94. The van der Waals surface area contributed by atoms with Crippen LogP contribution in [0.15, 0.2) is 0 Å². The summed E-state index contributed by atoms with van der Waals surface area (Å²) in [4.78, 5) is 0. The smallest absolute Gasteiger partial charge is 0.291 e. The van der Waals surface area contributed by atoms with Crippen LogP contribution >= 0.6 is 0 Å². The van der Waals surface area contributed by atoms with E-state index in [0.29, 0.717) is 0 Å². The quantitative estimate of drug-likeness (QED) is 0.379. The fraction of sp³-hybridized carbons (Fsp3) is 1.00. The van der Waals surface area contributed by atoms with Crippen molar-refractivity contribution in [3.05, 3.63) is 0 Å². The minimum atomic E-state index is -4.19. The van der Waals surface area contributed by atoms with E-state index >= 15 is 0 Å². The SMILES string of the molecule is CC(O)S(=O)(=O)O.[K]. The van der Waals surface area contributed by atoms with Crippen LogP contribution in [0.1, 0.15) is 6.92 Å². The van der Waals surface area contributed by atoms with E-state index in [1.165, 1.54) is 0 Å². The predicted molar refractivity (Wildman–Crippen MR) is 29.0 cm³/mol. The summed E-state index contributed by atoms with van der Waals surface area (Å²) in [5, 5.41) is 8.05. The molecule has 0 aliphatic carbocycles. The van der Waals surface area contributed by atoms with Gasteiger partial charge in [0.25, 0.3) is 10.1 Å². The monoisotopic (exact) mass is 165 g/mol. The molecule has 0 bridgehead atoms. The van der Waals surface area contributed by atoms with E-state index in [0.717, 1.165) is 6.92 Å². The fourth-order valence-corrected chi connectivity index (χ4v) is 0. The Balaban J connectivity index is 0. The van der Waals surface area contributed by atoms with Crippen molar-refractivity contribution >= 4 is 61.5 Å². The summed E-state index contributed by atoms with van der Waals surface area (Å²) in [6, 6.07) is 0.